The van der Waals surface area contributed by atoms with Crippen LogP contribution in [0.2, 0.25) is 5.02 Å². The largest absolute Gasteiger partial charge is 0.387 e. The van der Waals surface area contributed by atoms with Crippen LogP contribution in [0.3, 0.4) is 0 Å². The number of fused-ring (bicyclic) bond motifs is 1. The predicted octanol–water partition coefficient (Wildman–Crippen LogP) is 0.0920. The molecule has 5 N–H and O–H groups in total. The van der Waals surface area contributed by atoms with Crippen molar-refractivity contribution in [2.75, 3.05) is 13.3 Å². The molecule has 10 heteroatoms. The molecule has 0 aliphatic carbocycles. The van der Waals surface area contributed by atoms with Crippen molar-refractivity contribution < 1.29 is 24.9 Å². The lowest BCUT2D eigenvalue weighted by Crippen LogP contribution is -2.57. The Hall–Kier alpha value is -1.72. The van der Waals surface area contributed by atoms with Crippen LogP contribution in [-0.2, 0) is 9.57 Å². The maximum Gasteiger partial charge on any atom is 0.160 e. The second kappa shape index (κ2) is 8.57. The molecule has 0 spiro atoms. The third-order valence-corrected chi connectivity index (χ3v) is 5.66. The highest BCUT2D eigenvalue weighted by molar-refractivity contribution is 6.30. The molecular weight excluding hydrogens is 400 g/mol. The highest BCUT2D eigenvalue weighted by Crippen LogP contribution is 2.36. The Labute approximate surface area is 173 Å². The zero-order chi connectivity index (χ0) is 20.5. The fourth-order valence-corrected chi connectivity index (χ4v) is 4.04. The van der Waals surface area contributed by atoms with Gasteiger partial charge >= 0.3 is 0 Å². The molecule has 2 unspecified atom stereocenters. The van der Waals surface area contributed by atoms with Crippen LogP contribution in [0.4, 0.5) is 0 Å². The monoisotopic (exact) mass is 424 g/mol. The molecule has 3 heterocycles. The van der Waals surface area contributed by atoms with Crippen molar-refractivity contribution in [3.05, 3.63) is 47.1 Å². The maximum absolute atomic E-state index is 10.7. The Balaban J connectivity index is 1.48. The second-order valence-corrected chi connectivity index (χ2v) is 7.61. The Morgan fingerprint density at radius 1 is 1.34 bits per heavy atom. The van der Waals surface area contributed by atoms with Crippen molar-refractivity contribution in [3.63, 3.8) is 0 Å². The van der Waals surface area contributed by atoms with Crippen LogP contribution in [0, 0.1) is 5.92 Å². The number of hydroxylamine groups is 1. The Morgan fingerprint density at radius 3 is 2.83 bits per heavy atom. The molecule has 1 fully saturated rings. The molecular formula is C19H25ClN4O5. The molecule has 0 aromatic heterocycles. The molecule has 7 atom stereocenters. The summed E-state index contributed by atoms with van der Waals surface area (Å²) in [5.74, 6) is 0.559. The number of benzene rings is 1. The van der Waals surface area contributed by atoms with Gasteiger partial charge in [-0.3, -0.25) is 20.6 Å². The predicted molar refractivity (Wildman–Crippen MR) is 106 cm³/mol. The molecule has 158 valence electrons. The highest BCUT2D eigenvalue weighted by Gasteiger charge is 2.51. The normalized spacial score (nSPS) is 34.8. The minimum Gasteiger partial charge on any atom is -0.387 e. The third-order valence-electron chi connectivity index (χ3n) is 5.41. The van der Waals surface area contributed by atoms with E-state index >= 15 is 0 Å². The Morgan fingerprint density at radius 2 is 2.10 bits per heavy atom. The van der Waals surface area contributed by atoms with Crippen molar-refractivity contribution >= 4 is 17.4 Å². The van der Waals surface area contributed by atoms with Crippen LogP contribution in [0.1, 0.15) is 18.6 Å². The summed E-state index contributed by atoms with van der Waals surface area (Å²) in [5.41, 5.74) is 3.40. The summed E-state index contributed by atoms with van der Waals surface area (Å²) in [6, 6.07) is 6.64. The molecule has 4 rings (SSSR count). The van der Waals surface area contributed by atoms with E-state index in [0.29, 0.717) is 29.7 Å². The van der Waals surface area contributed by atoms with Gasteiger partial charge in [-0.25, -0.2) is 0 Å². The smallest absolute Gasteiger partial charge is 0.160 e. The summed E-state index contributed by atoms with van der Waals surface area (Å²) >= 11 is 5.90. The average molecular weight is 425 g/mol. The lowest BCUT2D eigenvalue weighted by Gasteiger charge is -2.37. The fraction of sp³-hybridized carbons (Fsp3) is 0.526. The number of rotatable bonds is 5. The standard InChI is InChI=1S/C19H25ClN4O5/c1-2-28-23-17-12-7-8-24(18(12)22-9-21-17)19-15(27)14(26)16(29-19)13(25)10-3-5-11(20)6-4-10/h3-8,12-16,18-19,22,25-27H,2,9H2,1H3,(H,21,23)/t12?,13-,14+,15-,16-,18?,19-/m1/s1. The quantitative estimate of drug-likeness (QED) is 0.422. The average Bonchev–Trinajstić information content (AvgIpc) is 3.28. The lowest BCUT2D eigenvalue weighted by molar-refractivity contribution is -0.114. The summed E-state index contributed by atoms with van der Waals surface area (Å²) in [5, 5.41) is 35.7. The number of ether oxygens (including phenoxy) is 1. The number of aliphatic imine (C=N–C) groups is 1. The van der Waals surface area contributed by atoms with E-state index in [4.69, 9.17) is 21.2 Å². The molecule has 0 bridgehead atoms. The first-order chi connectivity index (χ1) is 14.0. The van der Waals surface area contributed by atoms with Gasteiger partial charge < -0.3 is 25.0 Å². The topological polar surface area (TPSA) is 119 Å². The van der Waals surface area contributed by atoms with E-state index in [1.165, 1.54) is 0 Å². The van der Waals surface area contributed by atoms with E-state index < -0.39 is 30.6 Å². The van der Waals surface area contributed by atoms with Crippen molar-refractivity contribution in [1.29, 1.82) is 0 Å². The molecule has 1 aromatic rings. The lowest BCUT2D eigenvalue weighted by atomic mass is 9.99. The van der Waals surface area contributed by atoms with E-state index in [9.17, 15) is 15.3 Å². The van der Waals surface area contributed by atoms with Crippen LogP contribution in [0.15, 0.2) is 41.5 Å². The molecule has 1 saturated heterocycles. The zero-order valence-corrected chi connectivity index (χ0v) is 16.6. The van der Waals surface area contributed by atoms with Gasteiger partial charge in [0.25, 0.3) is 0 Å². The molecule has 9 nitrogen and oxygen atoms in total. The molecule has 29 heavy (non-hydrogen) atoms. The van der Waals surface area contributed by atoms with E-state index in [1.54, 1.807) is 35.4 Å². The van der Waals surface area contributed by atoms with Gasteiger partial charge in [0.2, 0.25) is 0 Å². The van der Waals surface area contributed by atoms with E-state index in [0.717, 1.165) is 0 Å². The minimum atomic E-state index is -1.25. The zero-order valence-electron chi connectivity index (χ0n) is 15.9. The number of amidine groups is 1. The van der Waals surface area contributed by atoms with Crippen molar-refractivity contribution in [2.45, 2.75) is 43.7 Å². The first-order valence-corrected chi connectivity index (χ1v) is 9.95. The van der Waals surface area contributed by atoms with E-state index in [-0.39, 0.29) is 12.1 Å². The molecule has 0 saturated carbocycles. The second-order valence-electron chi connectivity index (χ2n) is 7.17. The summed E-state index contributed by atoms with van der Waals surface area (Å²) in [6.07, 6.45) is -1.88. The summed E-state index contributed by atoms with van der Waals surface area (Å²) in [4.78, 5) is 11.4. The van der Waals surface area contributed by atoms with Crippen LogP contribution >= 0.6 is 11.6 Å². The van der Waals surface area contributed by atoms with E-state index in [1.807, 2.05) is 13.0 Å². The van der Waals surface area contributed by atoms with Gasteiger partial charge in [0.1, 0.15) is 30.3 Å². The molecule has 3 aliphatic heterocycles. The van der Waals surface area contributed by atoms with Gasteiger partial charge in [-0.05, 0) is 24.6 Å². The first-order valence-electron chi connectivity index (χ1n) is 9.57. The molecule has 3 aliphatic rings. The van der Waals surface area contributed by atoms with Gasteiger partial charge in [-0.15, -0.1) is 0 Å². The van der Waals surface area contributed by atoms with Gasteiger partial charge in [0, 0.05) is 11.2 Å². The number of aliphatic hydroxyl groups is 3. The van der Waals surface area contributed by atoms with Gasteiger partial charge in [0.05, 0.1) is 25.4 Å². The molecule has 0 radical (unpaired) electrons. The van der Waals surface area contributed by atoms with Gasteiger partial charge in [-0.2, -0.15) is 0 Å². The minimum absolute atomic E-state index is 0.122. The highest BCUT2D eigenvalue weighted by atomic mass is 35.5. The molecule has 1 aromatic carbocycles. The summed E-state index contributed by atoms with van der Waals surface area (Å²) in [7, 11) is 0. The van der Waals surface area contributed by atoms with E-state index in [2.05, 4.69) is 15.8 Å². The van der Waals surface area contributed by atoms with Crippen LogP contribution in [0.5, 0.6) is 0 Å². The van der Waals surface area contributed by atoms with Gasteiger partial charge in [-0.1, -0.05) is 29.8 Å². The first kappa shape index (κ1) is 20.5. The van der Waals surface area contributed by atoms with Gasteiger partial charge in [0.15, 0.2) is 6.23 Å². The Kier molecular flexibility index (Phi) is 6.07. The summed E-state index contributed by atoms with van der Waals surface area (Å²) < 4.78 is 5.94. The fourth-order valence-electron chi connectivity index (χ4n) is 3.91. The summed E-state index contributed by atoms with van der Waals surface area (Å²) in [6.45, 7) is 2.74. The number of aliphatic hydroxyl groups excluding tert-OH is 3. The van der Waals surface area contributed by atoms with Crippen molar-refractivity contribution in [2.24, 2.45) is 10.9 Å². The Bertz CT molecular complexity index is 776. The number of hydrogen-bond donors (Lipinski definition) is 5. The SMILES string of the molecule is CCONC1=NCNC2C1C=CN2[C@@H]1O[C@H]([C@H](O)c2ccc(Cl)cc2)[C@@H](O)[C@H]1O. The number of nitrogens with zero attached hydrogens (tertiary/aromatic N) is 2. The number of hydrogen-bond acceptors (Lipinski definition) is 9. The third kappa shape index (κ3) is 3.87. The maximum atomic E-state index is 10.7. The van der Waals surface area contributed by atoms with Crippen molar-refractivity contribution in [1.82, 2.24) is 15.7 Å². The van der Waals surface area contributed by atoms with Crippen molar-refractivity contribution in [3.8, 4) is 0 Å². The van der Waals surface area contributed by atoms with Crippen LogP contribution < -0.4 is 10.8 Å². The van der Waals surface area contributed by atoms with Crippen LogP contribution in [0.25, 0.3) is 0 Å². The number of nitrogens with one attached hydrogen (secondary N) is 2. The number of halogens is 1. The molecule has 0 amide bonds. The van der Waals surface area contributed by atoms with Crippen LogP contribution in [-0.4, -0.2) is 70.0 Å².